The standard InChI is InChI=1S/C21H28N2/c1-22-18-21(16-19-8-4-2-5-9-19)12-14-23(15-13-21)17-20-10-6-3-7-11-20/h2-11,22H,12-18H2,1H3. The van der Waals surface area contributed by atoms with Crippen molar-refractivity contribution < 1.29 is 0 Å². The number of nitrogens with zero attached hydrogens (tertiary/aromatic N) is 1. The quantitative estimate of drug-likeness (QED) is 0.875. The van der Waals surface area contributed by atoms with E-state index >= 15 is 0 Å². The first kappa shape index (κ1) is 16.2. The van der Waals surface area contributed by atoms with E-state index in [1.54, 1.807) is 0 Å². The molecule has 1 aliphatic heterocycles. The molecule has 1 aliphatic rings. The van der Waals surface area contributed by atoms with Crippen LogP contribution in [0.25, 0.3) is 0 Å². The first-order chi connectivity index (χ1) is 11.3. The van der Waals surface area contributed by atoms with Crippen molar-refractivity contribution in [2.45, 2.75) is 25.8 Å². The number of hydrogen-bond donors (Lipinski definition) is 1. The molecule has 0 unspecified atom stereocenters. The normalized spacial score (nSPS) is 18.0. The van der Waals surface area contributed by atoms with Crippen LogP contribution in [0.3, 0.4) is 0 Å². The van der Waals surface area contributed by atoms with Crippen LogP contribution in [0.4, 0.5) is 0 Å². The molecule has 2 heteroatoms. The number of nitrogens with one attached hydrogen (secondary N) is 1. The van der Waals surface area contributed by atoms with Gasteiger partial charge in [0.15, 0.2) is 0 Å². The van der Waals surface area contributed by atoms with Gasteiger partial charge in [-0.1, -0.05) is 60.7 Å². The fourth-order valence-corrected chi connectivity index (χ4v) is 3.85. The van der Waals surface area contributed by atoms with Crippen LogP contribution in [0, 0.1) is 5.41 Å². The molecule has 2 nitrogen and oxygen atoms in total. The zero-order chi connectivity index (χ0) is 16.0. The van der Waals surface area contributed by atoms with Crippen molar-refractivity contribution in [1.82, 2.24) is 10.2 Å². The van der Waals surface area contributed by atoms with Crippen LogP contribution < -0.4 is 5.32 Å². The number of rotatable bonds is 6. The van der Waals surface area contributed by atoms with Gasteiger partial charge in [-0.2, -0.15) is 0 Å². The molecule has 0 aromatic heterocycles. The summed E-state index contributed by atoms with van der Waals surface area (Å²) in [5.41, 5.74) is 3.31. The summed E-state index contributed by atoms with van der Waals surface area (Å²) >= 11 is 0. The zero-order valence-corrected chi connectivity index (χ0v) is 14.2. The van der Waals surface area contributed by atoms with E-state index in [1.807, 2.05) is 0 Å². The van der Waals surface area contributed by atoms with Crippen molar-refractivity contribution in [3.05, 3.63) is 71.8 Å². The van der Waals surface area contributed by atoms with Gasteiger partial charge in [0, 0.05) is 13.1 Å². The zero-order valence-electron chi connectivity index (χ0n) is 14.2. The highest BCUT2D eigenvalue weighted by Gasteiger charge is 2.34. The lowest BCUT2D eigenvalue weighted by atomic mass is 9.73. The minimum absolute atomic E-state index is 0.406. The first-order valence-corrected chi connectivity index (χ1v) is 8.74. The highest BCUT2D eigenvalue weighted by Crippen LogP contribution is 2.35. The molecule has 0 bridgehead atoms. The van der Waals surface area contributed by atoms with Crippen molar-refractivity contribution in [1.29, 1.82) is 0 Å². The minimum atomic E-state index is 0.406. The summed E-state index contributed by atoms with van der Waals surface area (Å²) in [7, 11) is 2.09. The largest absolute Gasteiger partial charge is 0.319 e. The molecule has 3 rings (SSSR count). The van der Waals surface area contributed by atoms with Gasteiger partial charge in [-0.3, -0.25) is 4.90 Å². The van der Waals surface area contributed by atoms with Crippen LogP contribution in [0.2, 0.25) is 0 Å². The number of piperidine rings is 1. The maximum atomic E-state index is 3.44. The summed E-state index contributed by atoms with van der Waals surface area (Å²) < 4.78 is 0. The molecule has 0 atom stereocenters. The van der Waals surface area contributed by atoms with Gasteiger partial charge in [-0.05, 0) is 55.9 Å². The molecule has 0 aliphatic carbocycles. The Morgan fingerprint density at radius 1 is 0.870 bits per heavy atom. The van der Waals surface area contributed by atoms with Crippen LogP contribution in [0.1, 0.15) is 24.0 Å². The molecule has 0 amide bonds. The van der Waals surface area contributed by atoms with Gasteiger partial charge in [0.1, 0.15) is 0 Å². The van der Waals surface area contributed by atoms with Crippen molar-refractivity contribution in [3.63, 3.8) is 0 Å². The lowest BCUT2D eigenvalue weighted by Gasteiger charge is -2.42. The lowest BCUT2D eigenvalue weighted by molar-refractivity contribution is 0.0984. The topological polar surface area (TPSA) is 15.3 Å². The fraction of sp³-hybridized carbons (Fsp3) is 0.429. The monoisotopic (exact) mass is 308 g/mol. The van der Waals surface area contributed by atoms with E-state index in [0.29, 0.717) is 5.41 Å². The van der Waals surface area contributed by atoms with Crippen molar-refractivity contribution >= 4 is 0 Å². The summed E-state index contributed by atoms with van der Waals surface area (Å²) in [5.74, 6) is 0. The van der Waals surface area contributed by atoms with Crippen molar-refractivity contribution in [3.8, 4) is 0 Å². The maximum Gasteiger partial charge on any atom is 0.0233 e. The third-order valence-corrected chi connectivity index (χ3v) is 5.14. The van der Waals surface area contributed by atoms with Gasteiger partial charge < -0.3 is 5.32 Å². The highest BCUT2D eigenvalue weighted by atomic mass is 15.1. The lowest BCUT2D eigenvalue weighted by Crippen LogP contribution is -2.45. The van der Waals surface area contributed by atoms with E-state index < -0.39 is 0 Å². The van der Waals surface area contributed by atoms with Crippen LogP contribution in [0.15, 0.2) is 60.7 Å². The van der Waals surface area contributed by atoms with Gasteiger partial charge in [0.05, 0.1) is 0 Å². The Morgan fingerprint density at radius 3 is 2.00 bits per heavy atom. The van der Waals surface area contributed by atoms with E-state index in [4.69, 9.17) is 0 Å². The van der Waals surface area contributed by atoms with Gasteiger partial charge in [-0.25, -0.2) is 0 Å². The molecule has 2 aromatic carbocycles. The number of hydrogen-bond acceptors (Lipinski definition) is 2. The van der Waals surface area contributed by atoms with Gasteiger partial charge >= 0.3 is 0 Å². The fourth-order valence-electron chi connectivity index (χ4n) is 3.85. The molecule has 2 aromatic rings. The van der Waals surface area contributed by atoms with Crippen LogP contribution >= 0.6 is 0 Å². The Bertz CT molecular complexity index is 571. The summed E-state index contributed by atoms with van der Waals surface area (Å²) in [6.07, 6.45) is 3.74. The Balaban J connectivity index is 1.61. The summed E-state index contributed by atoms with van der Waals surface area (Å²) in [6, 6.07) is 21.8. The van der Waals surface area contributed by atoms with Gasteiger partial charge in [0.25, 0.3) is 0 Å². The average molecular weight is 308 g/mol. The molecular formula is C21H28N2. The van der Waals surface area contributed by atoms with Gasteiger partial charge in [-0.15, -0.1) is 0 Å². The Labute approximate surface area is 140 Å². The Morgan fingerprint density at radius 2 is 1.43 bits per heavy atom. The SMILES string of the molecule is CNCC1(Cc2ccccc2)CCN(Cc2ccccc2)CC1. The highest BCUT2D eigenvalue weighted by molar-refractivity contribution is 5.18. The second-order valence-corrected chi connectivity index (χ2v) is 6.95. The third-order valence-electron chi connectivity index (χ3n) is 5.14. The molecule has 1 saturated heterocycles. The Kier molecular flexibility index (Phi) is 5.47. The molecule has 122 valence electrons. The first-order valence-electron chi connectivity index (χ1n) is 8.74. The maximum absolute atomic E-state index is 3.44. The molecule has 0 saturated carbocycles. The number of benzene rings is 2. The van der Waals surface area contributed by atoms with Crippen molar-refractivity contribution in [2.24, 2.45) is 5.41 Å². The minimum Gasteiger partial charge on any atom is -0.319 e. The second kappa shape index (κ2) is 7.76. The van der Waals surface area contributed by atoms with Crippen LogP contribution in [0.5, 0.6) is 0 Å². The molecule has 0 radical (unpaired) electrons. The van der Waals surface area contributed by atoms with E-state index in [1.165, 1.54) is 43.5 Å². The van der Waals surface area contributed by atoms with Gasteiger partial charge in [0.2, 0.25) is 0 Å². The summed E-state index contributed by atoms with van der Waals surface area (Å²) in [5, 5.41) is 3.44. The predicted molar refractivity (Wildman–Crippen MR) is 97.5 cm³/mol. The molecular weight excluding hydrogens is 280 g/mol. The predicted octanol–water partition coefficient (Wildman–Crippen LogP) is 3.73. The smallest absolute Gasteiger partial charge is 0.0233 e. The molecule has 1 fully saturated rings. The van der Waals surface area contributed by atoms with Crippen molar-refractivity contribution in [2.75, 3.05) is 26.7 Å². The summed E-state index contributed by atoms with van der Waals surface area (Å²) in [4.78, 5) is 2.61. The molecule has 23 heavy (non-hydrogen) atoms. The van der Waals surface area contributed by atoms with Crippen LogP contribution in [-0.2, 0) is 13.0 Å². The summed E-state index contributed by atoms with van der Waals surface area (Å²) in [6.45, 7) is 4.59. The second-order valence-electron chi connectivity index (χ2n) is 6.95. The molecule has 1 heterocycles. The molecule has 0 spiro atoms. The average Bonchev–Trinajstić information content (AvgIpc) is 2.59. The van der Waals surface area contributed by atoms with Crippen LogP contribution in [-0.4, -0.2) is 31.6 Å². The van der Waals surface area contributed by atoms with E-state index in [2.05, 4.69) is 77.9 Å². The third kappa shape index (κ3) is 4.43. The van der Waals surface area contributed by atoms with E-state index in [-0.39, 0.29) is 0 Å². The molecule has 1 N–H and O–H groups in total. The Hall–Kier alpha value is -1.64. The number of likely N-dealkylation sites (tertiary alicyclic amines) is 1. The van der Waals surface area contributed by atoms with E-state index in [9.17, 15) is 0 Å². The van der Waals surface area contributed by atoms with E-state index in [0.717, 1.165) is 13.1 Å².